The lowest BCUT2D eigenvalue weighted by Gasteiger charge is -2.31. The molecular formula is C12H15F6NS. The molecule has 1 rings (SSSR count). The van der Waals surface area contributed by atoms with Crippen molar-refractivity contribution in [3.8, 4) is 0 Å². The van der Waals surface area contributed by atoms with Gasteiger partial charge in [-0.2, -0.15) is 26.3 Å². The van der Waals surface area contributed by atoms with Crippen LogP contribution in [0.15, 0.2) is 6.07 Å². The second-order valence-electron chi connectivity index (χ2n) is 4.46. The molecule has 1 aromatic heterocycles. The molecule has 0 spiro atoms. The van der Waals surface area contributed by atoms with Gasteiger partial charge < -0.3 is 5.32 Å². The van der Waals surface area contributed by atoms with Gasteiger partial charge >= 0.3 is 12.4 Å². The molecule has 116 valence electrons. The number of alkyl halides is 6. The Morgan fingerprint density at radius 1 is 1.10 bits per heavy atom. The van der Waals surface area contributed by atoms with Crippen LogP contribution in [-0.4, -0.2) is 18.9 Å². The molecule has 0 radical (unpaired) electrons. The van der Waals surface area contributed by atoms with Crippen LogP contribution in [-0.2, 0) is 0 Å². The smallest absolute Gasteiger partial charge is 0.309 e. The summed E-state index contributed by atoms with van der Waals surface area (Å²) < 4.78 is 77.1. The molecule has 0 aliphatic heterocycles. The third-order valence-corrected chi connectivity index (χ3v) is 3.86. The number of rotatable bonds is 4. The lowest BCUT2D eigenvalue weighted by atomic mass is 9.91. The Balaban J connectivity index is 3.32. The number of aryl methyl sites for hydroxylation is 2. The van der Waals surface area contributed by atoms with Crippen molar-refractivity contribution in [3.63, 3.8) is 0 Å². The first kappa shape index (κ1) is 17.3. The zero-order valence-electron chi connectivity index (χ0n) is 11.1. The first-order valence-electron chi connectivity index (χ1n) is 5.92. The third kappa shape index (κ3) is 3.88. The van der Waals surface area contributed by atoms with Gasteiger partial charge in [-0.3, -0.25) is 0 Å². The number of thiophene rings is 1. The Morgan fingerprint density at radius 3 is 1.90 bits per heavy atom. The molecule has 0 fully saturated rings. The number of halogens is 6. The van der Waals surface area contributed by atoms with Crippen LogP contribution >= 0.6 is 11.3 Å². The van der Waals surface area contributed by atoms with Gasteiger partial charge in [0.25, 0.3) is 0 Å². The molecule has 8 heteroatoms. The predicted octanol–water partition coefficient (Wildman–Crippen LogP) is 4.76. The van der Waals surface area contributed by atoms with Gasteiger partial charge in [-0.1, -0.05) is 6.92 Å². The van der Waals surface area contributed by atoms with E-state index in [2.05, 4.69) is 5.32 Å². The van der Waals surface area contributed by atoms with Crippen LogP contribution in [0.1, 0.15) is 28.3 Å². The number of hydrogen-bond acceptors (Lipinski definition) is 2. The van der Waals surface area contributed by atoms with E-state index in [-0.39, 0.29) is 12.1 Å². The number of nitrogens with one attached hydrogen (secondary N) is 1. The first-order valence-corrected chi connectivity index (χ1v) is 6.73. The minimum absolute atomic E-state index is 0.0155. The standard InChI is InChI=1S/C12H15F6NS/c1-4-19-9(8-5-6(2)20-7(8)3)10(11(13,14)15)12(16,17)18/h5,9-10,19H,4H2,1-3H3. The summed E-state index contributed by atoms with van der Waals surface area (Å²) in [6, 6.07) is -0.428. The van der Waals surface area contributed by atoms with Gasteiger partial charge in [0.15, 0.2) is 5.92 Å². The molecule has 1 atom stereocenters. The molecule has 1 heterocycles. The van der Waals surface area contributed by atoms with Crippen LogP contribution in [0, 0.1) is 19.8 Å². The molecule has 0 bridgehead atoms. The van der Waals surface area contributed by atoms with Gasteiger partial charge in [-0.05, 0) is 32.0 Å². The summed E-state index contributed by atoms with van der Waals surface area (Å²) in [5, 5.41) is 2.33. The fourth-order valence-electron chi connectivity index (χ4n) is 2.15. The van der Waals surface area contributed by atoms with Crippen LogP contribution in [0.4, 0.5) is 26.3 Å². The van der Waals surface area contributed by atoms with E-state index in [1.807, 2.05) is 0 Å². The first-order chi connectivity index (χ1) is 8.98. The highest BCUT2D eigenvalue weighted by Gasteiger charge is 2.60. The van der Waals surface area contributed by atoms with Crippen molar-refractivity contribution in [1.82, 2.24) is 5.32 Å². The van der Waals surface area contributed by atoms with E-state index in [9.17, 15) is 26.3 Å². The maximum Gasteiger partial charge on any atom is 0.402 e. The van der Waals surface area contributed by atoms with Crippen molar-refractivity contribution in [2.24, 2.45) is 5.92 Å². The average Bonchev–Trinajstić information content (AvgIpc) is 2.52. The van der Waals surface area contributed by atoms with Gasteiger partial charge in [0, 0.05) is 9.75 Å². The summed E-state index contributed by atoms with van der Waals surface area (Å²) in [5.41, 5.74) is 0.0639. The van der Waals surface area contributed by atoms with E-state index in [1.165, 1.54) is 31.3 Å². The second kappa shape index (κ2) is 5.93. The Labute approximate surface area is 117 Å². The molecule has 0 saturated heterocycles. The van der Waals surface area contributed by atoms with Crippen LogP contribution < -0.4 is 5.32 Å². The molecular weight excluding hydrogens is 304 g/mol. The van der Waals surface area contributed by atoms with E-state index in [0.717, 1.165) is 0 Å². The highest BCUT2D eigenvalue weighted by atomic mass is 32.1. The van der Waals surface area contributed by atoms with Crippen LogP contribution in [0.2, 0.25) is 0 Å². The van der Waals surface area contributed by atoms with E-state index < -0.39 is 24.3 Å². The maximum absolute atomic E-state index is 12.9. The van der Waals surface area contributed by atoms with Gasteiger partial charge in [0.05, 0.1) is 6.04 Å². The summed E-state index contributed by atoms with van der Waals surface area (Å²) in [6.45, 7) is 4.68. The lowest BCUT2D eigenvalue weighted by Crippen LogP contribution is -2.46. The second-order valence-corrected chi connectivity index (χ2v) is 5.93. The Bertz CT molecular complexity index is 434. The van der Waals surface area contributed by atoms with Gasteiger partial charge in [0.1, 0.15) is 0 Å². The molecule has 0 amide bonds. The molecule has 0 aliphatic carbocycles. The van der Waals surface area contributed by atoms with Crippen molar-refractivity contribution in [2.45, 2.75) is 39.2 Å². The minimum atomic E-state index is -5.35. The normalized spacial score (nSPS) is 14.9. The molecule has 0 saturated carbocycles. The average molecular weight is 319 g/mol. The topological polar surface area (TPSA) is 12.0 Å². The SMILES string of the molecule is CCNC(c1cc(C)sc1C)C(C(F)(F)F)C(F)(F)F. The van der Waals surface area contributed by atoms with E-state index in [0.29, 0.717) is 9.75 Å². The summed E-state index contributed by atoms with van der Waals surface area (Å²) in [6.07, 6.45) is -10.7. The third-order valence-electron chi connectivity index (χ3n) is 2.88. The van der Waals surface area contributed by atoms with Crippen molar-refractivity contribution in [3.05, 3.63) is 21.4 Å². The molecule has 1 nitrogen and oxygen atoms in total. The van der Waals surface area contributed by atoms with Crippen LogP contribution in [0.3, 0.4) is 0 Å². The van der Waals surface area contributed by atoms with Crippen molar-refractivity contribution in [1.29, 1.82) is 0 Å². The Kier molecular flexibility index (Phi) is 5.13. The van der Waals surface area contributed by atoms with E-state index >= 15 is 0 Å². The molecule has 20 heavy (non-hydrogen) atoms. The minimum Gasteiger partial charge on any atom is -0.309 e. The van der Waals surface area contributed by atoms with Gasteiger partial charge in [-0.15, -0.1) is 11.3 Å². The van der Waals surface area contributed by atoms with Crippen LogP contribution in [0.5, 0.6) is 0 Å². The molecule has 0 aromatic carbocycles. The van der Waals surface area contributed by atoms with Gasteiger partial charge in [0.2, 0.25) is 0 Å². The fourth-order valence-corrected chi connectivity index (χ4v) is 3.12. The summed E-state index contributed by atoms with van der Waals surface area (Å²) in [5.74, 6) is -3.41. The Hall–Kier alpha value is -0.760. The quantitative estimate of drug-likeness (QED) is 0.789. The fraction of sp³-hybridized carbons (Fsp3) is 0.667. The molecule has 1 aromatic rings. The zero-order valence-corrected chi connectivity index (χ0v) is 11.9. The highest BCUT2D eigenvalue weighted by molar-refractivity contribution is 7.12. The monoisotopic (exact) mass is 319 g/mol. The molecule has 1 unspecified atom stereocenters. The van der Waals surface area contributed by atoms with Crippen LogP contribution in [0.25, 0.3) is 0 Å². The van der Waals surface area contributed by atoms with Crippen molar-refractivity contribution >= 4 is 11.3 Å². The van der Waals surface area contributed by atoms with E-state index in [1.54, 1.807) is 6.92 Å². The molecule has 0 aliphatic rings. The van der Waals surface area contributed by atoms with Gasteiger partial charge in [-0.25, -0.2) is 0 Å². The molecule has 1 N–H and O–H groups in total. The maximum atomic E-state index is 12.9. The highest BCUT2D eigenvalue weighted by Crippen LogP contribution is 2.47. The summed E-state index contributed by atoms with van der Waals surface area (Å²) in [7, 11) is 0. The Morgan fingerprint density at radius 2 is 1.60 bits per heavy atom. The summed E-state index contributed by atoms with van der Waals surface area (Å²) >= 11 is 1.19. The number of hydrogen-bond donors (Lipinski definition) is 1. The predicted molar refractivity (Wildman–Crippen MR) is 65.8 cm³/mol. The zero-order chi connectivity index (χ0) is 15.7. The van der Waals surface area contributed by atoms with Crippen molar-refractivity contribution in [2.75, 3.05) is 6.54 Å². The van der Waals surface area contributed by atoms with E-state index in [4.69, 9.17) is 0 Å². The lowest BCUT2D eigenvalue weighted by molar-refractivity contribution is -0.292. The summed E-state index contributed by atoms with van der Waals surface area (Å²) in [4.78, 5) is 1.15. The van der Waals surface area contributed by atoms with Crippen molar-refractivity contribution < 1.29 is 26.3 Å². The largest absolute Gasteiger partial charge is 0.402 e.